The normalized spacial score (nSPS) is 24.0. The highest BCUT2D eigenvalue weighted by molar-refractivity contribution is 7.89. The Balaban J connectivity index is 2.42. The van der Waals surface area contributed by atoms with Crippen molar-refractivity contribution in [2.45, 2.75) is 32.1 Å². The molecule has 1 aromatic carbocycles. The van der Waals surface area contributed by atoms with Gasteiger partial charge in [-0.2, -0.15) is 4.31 Å². The Labute approximate surface area is 127 Å². The second kappa shape index (κ2) is 5.85. The summed E-state index contributed by atoms with van der Waals surface area (Å²) in [6.45, 7) is 7.18. The Morgan fingerprint density at radius 1 is 1.29 bits per heavy atom. The first kappa shape index (κ1) is 16.1. The maximum absolute atomic E-state index is 12.9. The molecule has 21 heavy (non-hydrogen) atoms. The van der Waals surface area contributed by atoms with Crippen molar-refractivity contribution in [3.8, 4) is 5.75 Å². The van der Waals surface area contributed by atoms with Gasteiger partial charge < -0.3 is 10.5 Å². The molecule has 1 saturated heterocycles. The number of rotatable bonds is 3. The van der Waals surface area contributed by atoms with E-state index in [0.717, 1.165) is 12.0 Å². The number of nitrogen functional groups attached to an aromatic ring is 1. The molecule has 1 heterocycles. The number of nitrogens with two attached hydrogens (primary N) is 1. The zero-order valence-electron chi connectivity index (χ0n) is 13.1. The van der Waals surface area contributed by atoms with E-state index in [1.165, 1.54) is 13.2 Å². The second-order valence-electron chi connectivity index (χ2n) is 5.97. The number of nitrogens with zero attached hydrogens (tertiary/aromatic N) is 1. The first-order valence-electron chi connectivity index (χ1n) is 7.21. The lowest BCUT2D eigenvalue weighted by Gasteiger charge is -2.34. The molecular formula is C15H24N2O3S. The van der Waals surface area contributed by atoms with E-state index in [0.29, 0.717) is 36.4 Å². The highest BCUT2D eigenvalue weighted by Crippen LogP contribution is 2.33. The Kier molecular flexibility index (Phi) is 4.49. The van der Waals surface area contributed by atoms with Gasteiger partial charge in [-0.3, -0.25) is 0 Å². The summed E-state index contributed by atoms with van der Waals surface area (Å²) < 4.78 is 32.5. The summed E-state index contributed by atoms with van der Waals surface area (Å²) in [6, 6.07) is 3.18. The van der Waals surface area contributed by atoms with Crippen LogP contribution >= 0.6 is 0 Å². The molecule has 1 fully saturated rings. The van der Waals surface area contributed by atoms with Crippen molar-refractivity contribution in [3.63, 3.8) is 0 Å². The van der Waals surface area contributed by atoms with Gasteiger partial charge in [-0.05, 0) is 42.9 Å². The van der Waals surface area contributed by atoms with Gasteiger partial charge >= 0.3 is 0 Å². The number of benzene rings is 1. The monoisotopic (exact) mass is 312 g/mol. The molecule has 2 unspecified atom stereocenters. The molecule has 5 nitrogen and oxygen atoms in total. The van der Waals surface area contributed by atoms with Crippen LogP contribution in [-0.2, 0) is 10.0 Å². The van der Waals surface area contributed by atoms with Crippen molar-refractivity contribution in [2.75, 3.05) is 25.9 Å². The summed E-state index contributed by atoms with van der Waals surface area (Å²) in [7, 11) is -2.09. The lowest BCUT2D eigenvalue weighted by atomic mass is 9.90. The smallest absolute Gasteiger partial charge is 0.246 e. The molecule has 2 rings (SSSR count). The summed E-state index contributed by atoms with van der Waals surface area (Å²) in [4.78, 5) is 0.162. The zero-order chi connectivity index (χ0) is 15.8. The third kappa shape index (κ3) is 3.01. The molecule has 0 aromatic heterocycles. The molecule has 118 valence electrons. The molecule has 0 radical (unpaired) electrons. The Morgan fingerprint density at radius 2 is 1.95 bits per heavy atom. The summed E-state index contributed by atoms with van der Waals surface area (Å²) in [5, 5.41) is 0. The average molecular weight is 312 g/mol. The number of hydrogen-bond acceptors (Lipinski definition) is 4. The van der Waals surface area contributed by atoms with E-state index >= 15 is 0 Å². The summed E-state index contributed by atoms with van der Waals surface area (Å²) >= 11 is 0. The molecule has 0 bridgehead atoms. The minimum Gasteiger partial charge on any atom is -0.495 e. The minimum atomic E-state index is -3.57. The van der Waals surface area contributed by atoms with Crippen LogP contribution < -0.4 is 10.5 Å². The lowest BCUT2D eigenvalue weighted by Crippen LogP contribution is -2.42. The molecule has 1 aromatic rings. The second-order valence-corrected chi connectivity index (χ2v) is 7.87. The number of piperidine rings is 1. The molecule has 1 aliphatic heterocycles. The van der Waals surface area contributed by atoms with Crippen molar-refractivity contribution in [1.82, 2.24) is 4.31 Å². The molecular weight excluding hydrogens is 288 g/mol. The molecule has 0 saturated carbocycles. The maximum atomic E-state index is 12.9. The van der Waals surface area contributed by atoms with Crippen LogP contribution in [0.1, 0.15) is 25.8 Å². The minimum absolute atomic E-state index is 0.162. The van der Waals surface area contributed by atoms with Crippen LogP contribution in [0, 0.1) is 18.8 Å². The number of methoxy groups -OCH3 is 1. The summed E-state index contributed by atoms with van der Waals surface area (Å²) in [6.07, 6.45) is 0.879. The van der Waals surface area contributed by atoms with E-state index < -0.39 is 10.0 Å². The van der Waals surface area contributed by atoms with E-state index in [1.54, 1.807) is 10.4 Å². The van der Waals surface area contributed by atoms with Gasteiger partial charge in [-0.1, -0.05) is 13.8 Å². The van der Waals surface area contributed by atoms with Crippen molar-refractivity contribution < 1.29 is 13.2 Å². The molecule has 6 heteroatoms. The van der Waals surface area contributed by atoms with Crippen LogP contribution in [0.3, 0.4) is 0 Å². The SMILES string of the molecule is COc1cc(C)c(N)cc1S(=O)(=O)N1CCC(C)C(C)C1. The standard InChI is InChI=1S/C15H24N2O3S/c1-10-5-6-17(9-12(10)3)21(18,19)15-8-13(16)11(2)7-14(15)20-4/h7-8,10,12H,5-6,9,16H2,1-4H3. The first-order chi connectivity index (χ1) is 9.77. The Bertz CT molecular complexity index is 628. The van der Waals surface area contributed by atoms with Crippen molar-refractivity contribution in [1.29, 1.82) is 0 Å². The molecule has 1 aliphatic rings. The van der Waals surface area contributed by atoms with E-state index in [9.17, 15) is 8.42 Å². The average Bonchev–Trinajstić information content (AvgIpc) is 2.44. The summed E-state index contributed by atoms with van der Waals surface area (Å²) in [5.74, 6) is 1.25. The zero-order valence-corrected chi connectivity index (χ0v) is 13.9. The van der Waals surface area contributed by atoms with Gasteiger partial charge in [0.2, 0.25) is 10.0 Å². The van der Waals surface area contributed by atoms with Gasteiger partial charge in [0.05, 0.1) is 7.11 Å². The number of anilines is 1. The van der Waals surface area contributed by atoms with E-state index in [-0.39, 0.29) is 4.90 Å². The third-order valence-corrected chi connectivity index (χ3v) is 6.35. The quantitative estimate of drug-likeness (QED) is 0.869. The number of ether oxygens (including phenoxy) is 1. The van der Waals surface area contributed by atoms with E-state index in [4.69, 9.17) is 10.5 Å². The molecule has 2 N–H and O–H groups in total. The summed E-state index contributed by atoms with van der Waals surface area (Å²) in [5.41, 5.74) is 7.16. The fourth-order valence-corrected chi connectivity index (χ4v) is 4.35. The fraction of sp³-hybridized carbons (Fsp3) is 0.600. The Hall–Kier alpha value is -1.27. The van der Waals surface area contributed by atoms with Crippen molar-refractivity contribution in [3.05, 3.63) is 17.7 Å². The van der Waals surface area contributed by atoms with Gasteiger partial charge in [0.15, 0.2) is 0 Å². The number of hydrogen-bond donors (Lipinski definition) is 1. The van der Waals surface area contributed by atoms with Gasteiger partial charge in [0.25, 0.3) is 0 Å². The molecule has 0 amide bonds. The maximum Gasteiger partial charge on any atom is 0.246 e. The van der Waals surface area contributed by atoms with Crippen molar-refractivity contribution >= 4 is 15.7 Å². The highest BCUT2D eigenvalue weighted by atomic mass is 32.2. The van der Waals surface area contributed by atoms with Crippen LogP contribution in [0.5, 0.6) is 5.75 Å². The van der Waals surface area contributed by atoms with Crippen LogP contribution in [0.2, 0.25) is 0 Å². The molecule has 0 aliphatic carbocycles. The largest absolute Gasteiger partial charge is 0.495 e. The van der Waals surface area contributed by atoms with Gasteiger partial charge in [-0.25, -0.2) is 8.42 Å². The van der Waals surface area contributed by atoms with Crippen LogP contribution in [0.4, 0.5) is 5.69 Å². The van der Waals surface area contributed by atoms with Gasteiger partial charge in [0, 0.05) is 18.8 Å². The van der Waals surface area contributed by atoms with Crippen LogP contribution in [0.15, 0.2) is 17.0 Å². The molecule has 0 spiro atoms. The first-order valence-corrected chi connectivity index (χ1v) is 8.65. The number of sulfonamides is 1. The Morgan fingerprint density at radius 3 is 2.52 bits per heavy atom. The highest BCUT2D eigenvalue weighted by Gasteiger charge is 2.33. The van der Waals surface area contributed by atoms with E-state index in [2.05, 4.69) is 13.8 Å². The third-order valence-electron chi connectivity index (χ3n) is 4.47. The fourth-order valence-electron chi connectivity index (χ4n) is 2.62. The van der Waals surface area contributed by atoms with Gasteiger partial charge in [-0.15, -0.1) is 0 Å². The van der Waals surface area contributed by atoms with Crippen LogP contribution in [0.25, 0.3) is 0 Å². The number of aryl methyl sites for hydroxylation is 1. The predicted octanol–water partition coefficient (Wildman–Crippen LogP) is 2.25. The lowest BCUT2D eigenvalue weighted by molar-refractivity contribution is 0.212. The topological polar surface area (TPSA) is 72.6 Å². The van der Waals surface area contributed by atoms with E-state index in [1.807, 2.05) is 6.92 Å². The molecule has 2 atom stereocenters. The predicted molar refractivity (Wildman–Crippen MR) is 83.8 cm³/mol. The van der Waals surface area contributed by atoms with Gasteiger partial charge in [0.1, 0.15) is 10.6 Å². The van der Waals surface area contributed by atoms with Crippen molar-refractivity contribution in [2.24, 2.45) is 11.8 Å². The van der Waals surface area contributed by atoms with Crippen LogP contribution in [-0.4, -0.2) is 32.9 Å².